The molecule has 100 valence electrons. The highest BCUT2D eigenvalue weighted by molar-refractivity contribution is 7.15. The summed E-state index contributed by atoms with van der Waals surface area (Å²) in [5.41, 5.74) is 8.32. The summed E-state index contributed by atoms with van der Waals surface area (Å²) in [6.07, 6.45) is 3.21. The molecule has 0 saturated heterocycles. The van der Waals surface area contributed by atoms with Crippen molar-refractivity contribution in [2.24, 2.45) is 5.73 Å². The van der Waals surface area contributed by atoms with Crippen LogP contribution in [0.5, 0.6) is 5.75 Å². The van der Waals surface area contributed by atoms with E-state index in [1.54, 1.807) is 18.4 Å². The van der Waals surface area contributed by atoms with Crippen LogP contribution in [-0.4, -0.2) is 12.1 Å². The number of aromatic nitrogens is 1. The van der Waals surface area contributed by atoms with E-state index in [0.717, 1.165) is 35.5 Å². The quantitative estimate of drug-likeness (QED) is 0.916. The second kappa shape index (κ2) is 5.12. The predicted octanol–water partition coefficient (Wildman–Crippen LogP) is 3.81. The van der Waals surface area contributed by atoms with Gasteiger partial charge in [0.25, 0.3) is 0 Å². The first-order chi connectivity index (χ1) is 9.19. The number of thiazole rings is 1. The van der Waals surface area contributed by atoms with E-state index in [1.807, 2.05) is 18.2 Å². The minimum Gasteiger partial charge on any atom is -0.495 e. The monoisotopic (exact) mass is 294 g/mol. The molecule has 1 heterocycles. The van der Waals surface area contributed by atoms with Crippen molar-refractivity contribution in [1.82, 2.24) is 4.98 Å². The number of benzene rings is 1. The van der Waals surface area contributed by atoms with Crippen LogP contribution in [0.3, 0.4) is 0 Å². The highest BCUT2D eigenvalue weighted by Gasteiger charge is 2.22. The molecule has 3 rings (SSSR count). The van der Waals surface area contributed by atoms with Gasteiger partial charge in [0.15, 0.2) is 0 Å². The van der Waals surface area contributed by atoms with E-state index in [0.29, 0.717) is 10.8 Å². The molecule has 1 aromatic heterocycles. The smallest absolute Gasteiger partial charge is 0.137 e. The Morgan fingerprint density at radius 3 is 3.00 bits per heavy atom. The van der Waals surface area contributed by atoms with Crippen LogP contribution in [0, 0.1) is 0 Å². The molecule has 0 saturated carbocycles. The van der Waals surface area contributed by atoms with E-state index in [1.165, 1.54) is 4.88 Å². The number of hydrogen-bond donors (Lipinski definition) is 1. The molecule has 0 amide bonds. The maximum atomic E-state index is 6.16. The fourth-order valence-corrected chi connectivity index (χ4v) is 3.78. The molecule has 0 aliphatic heterocycles. The van der Waals surface area contributed by atoms with Gasteiger partial charge >= 0.3 is 0 Å². The van der Waals surface area contributed by atoms with E-state index in [-0.39, 0.29) is 6.04 Å². The zero-order valence-electron chi connectivity index (χ0n) is 10.6. The highest BCUT2D eigenvalue weighted by Crippen LogP contribution is 2.38. The van der Waals surface area contributed by atoms with E-state index >= 15 is 0 Å². The lowest BCUT2D eigenvalue weighted by Gasteiger charge is -2.15. The lowest BCUT2D eigenvalue weighted by molar-refractivity contribution is 0.415. The Morgan fingerprint density at radius 2 is 2.32 bits per heavy atom. The van der Waals surface area contributed by atoms with Crippen molar-refractivity contribution in [3.05, 3.63) is 33.8 Å². The van der Waals surface area contributed by atoms with Crippen LogP contribution < -0.4 is 10.5 Å². The Kier molecular flexibility index (Phi) is 3.48. The molecule has 0 radical (unpaired) electrons. The van der Waals surface area contributed by atoms with E-state index < -0.39 is 0 Å². The number of nitrogens with two attached hydrogens (primary N) is 1. The highest BCUT2D eigenvalue weighted by atomic mass is 35.5. The van der Waals surface area contributed by atoms with Crippen molar-refractivity contribution in [3.63, 3.8) is 0 Å². The third kappa shape index (κ3) is 2.36. The van der Waals surface area contributed by atoms with Crippen LogP contribution >= 0.6 is 22.9 Å². The summed E-state index contributed by atoms with van der Waals surface area (Å²) in [6.45, 7) is 0. The lowest BCUT2D eigenvalue weighted by atomic mass is 9.99. The summed E-state index contributed by atoms with van der Waals surface area (Å²) in [5, 5.41) is 1.60. The zero-order chi connectivity index (χ0) is 13.4. The number of fused-ring (bicyclic) bond motifs is 1. The topological polar surface area (TPSA) is 48.1 Å². The maximum absolute atomic E-state index is 6.16. The number of halogens is 1. The average Bonchev–Trinajstić information content (AvgIpc) is 2.84. The number of nitrogens with zero attached hydrogens (tertiary/aromatic N) is 1. The van der Waals surface area contributed by atoms with Crippen LogP contribution in [0.2, 0.25) is 5.02 Å². The second-order valence-electron chi connectivity index (χ2n) is 4.68. The van der Waals surface area contributed by atoms with Gasteiger partial charge in [-0.1, -0.05) is 11.6 Å². The molecule has 19 heavy (non-hydrogen) atoms. The van der Waals surface area contributed by atoms with Gasteiger partial charge in [0.05, 0.1) is 17.8 Å². The van der Waals surface area contributed by atoms with Gasteiger partial charge in [0.1, 0.15) is 10.8 Å². The number of rotatable bonds is 2. The van der Waals surface area contributed by atoms with Gasteiger partial charge in [-0.3, -0.25) is 0 Å². The third-order valence-electron chi connectivity index (χ3n) is 3.39. The lowest BCUT2D eigenvalue weighted by Crippen LogP contribution is -2.15. The zero-order valence-corrected chi connectivity index (χ0v) is 12.2. The molecule has 2 N–H and O–H groups in total. The molecule has 0 spiro atoms. The first-order valence-electron chi connectivity index (χ1n) is 6.28. The summed E-state index contributed by atoms with van der Waals surface area (Å²) in [6, 6.07) is 5.90. The molecule has 1 aromatic carbocycles. The number of hydrogen-bond acceptors (Lipinski definition) is 4. The molecule has 3 nitrogen and oxygen atoms in total. The molecule has 1 aliphatic carbocycles. The van der Waals surface area contributed by atoms with E-state index in [9.17, 15) is 0 Å². The SMILES string of the molecule is COc1ccc(-c2nc3c(s2)C(N)CCC3)cc1Cl. The Balaban J connectivity index is 2.01. The Morgan fingerprint density at radius 1 is 1.47 bits per heavy atom. The molecule has 1 atom stereocenters. The van der Waals surface area contributed by atoms with Crippen LogP contribution in [0.1, 0.15) is 29.5 Å². The molecule has 0 bridgehead atoms. The van der Waals surface area contributed by atoms with Crippen LogP contribution in [0.25, 0.3) is 10.6 Å². The van der Waals surface area contributed by atoms with Crippen molar-refractivity contribution in [1.29, 1.82) is 0 Å². The van der Waals surface area contributed by atoms with Gasteiger partial charge in [-0.05, 0) is 37.5 Å². The Hall–Kier alpha value is -1.10. The molecule has 5 heteroatoms. The average molecular weight is 295 g/mol. The predicted molar refractivity (Wildman–Crippen MR) is 79.0 cm³/mol. The minimum atomic E-state index is 0.142. The van der Waals surface area contributed by atoms with E-state index in [2.05, 4.69) is 0 Å². The van der Waals surface area contributed by atoms with Crippen molar-refractivity contribution in [3.8, 4) is 16.3 Å². The maximum Gasteiger partial charge on any atom is 0.137 e. The van der Waals surface area contributed by atoms with Gasteiger partial charge < -0.3 is 10.5 Å². The second-order valence-corrected chi connectivity index (χ2v) is 6.12. The summed E-state index contributed by atoms with van der Waals surface area (Å²) in [7, 11) is 1.61. The fraction of sp³-hybridized carbons (Fsp3) is 0.357. The van der Waals surface area contributed by atoms with Gasteiger partial charge in [-0.25, -0.2) is 4.98 Å². The van der Waals surface area contributed by atoms with Gasteiger partial charge in [0, 0.05) is 16.5 Å². The van der Waals surface area contributed by atoms with Gasteiger partial charge in [-0.2, -0.15) is 0 Å². The Labute approximate surface area is 121 Å². The Bertz CT molecular complexity index is 611. The number of ether oxygens (including phenoxy) is 1. The number of aryl methyl sites for hydroxylation is 1. The minimum absolute atomic E-state index is 0.142. The summed E-state index contributed by atoms with van der Waals surface area (Å²) < 4.78 is 5.17. The van der Waals surface area contributed by atoms with Crippen molar-refractivity contribution < 1.29 is 4.74 Å². The number of methoxy groups -OCH3 is 1. The summed E-state index contributed by atoms with van der Waals surface area (Å²) in [4.78, 5) is 5.94. The fourth-order valence-electron chi connectivity index (χ4n) is 2.38. The molecule has 1 aliphatic rings. The van der Waals surface area contributed by atoms with E-state index in [4.69, 9.17) is 27.1 Å². The first kappa shape index (κ1) is 12.9. The van der Waals surface area contributed by atoms with Crippen molar-refractivity contribution >= 4 is 22.9 Å². The van der Waals surface area contributed by atoms with Gasteiger partial charge in [-0.15, -0.1) is 11.3 Å². The third-order valence-corrected chi connectivity index (χ3v) is 4.97. The first-order valence-corrected chi connectivity index (χ1v) is 7.47. The largest absolute Gasteiger partial charge is 0.495 e. The van der Waals surface area contributed by atoms with Crippen molar-refractivity contribution in [2.45, 2.75) is 25.3 Å². The standard InChI is InChI=1S/C14H15ClN2OS/c1-18-12-6-5-8(7-9(12)15)14-17-11-4-2-3-10(16)13(11)19-14/h5-7,10H,2-4,16H2,1H3. The van der Waals surface area contributed by atoms with Crippen molar-refractivity contribution in [2.75, 3.05) is 7.11 Å². The molecule has 1 unspecified atom stereocenters. The molecule has 2 aromatic rings. The molecular formula is C14H15ClN2OS. The summed E-state index contributed by atoms with van der Waals surface area (Å²) in [5.74, 6) is 0.684. The van der Waals surface area contributed by atoms with Crippen LogP contribution in [0.4, 0.5) is 0 Å². The molecular weight excluding hydrogens is 280 g/mol. The van der Waals surface area contributed by atoms with Crippen LogP contribution in [-0.2, 0) is 6.42 Å². The molecule has 0 fully saturated rings. The normalized spacial score (nSPS) is 18.2. The van der Waals surface area contributed by atoms with Crippen LogP contribution in [0.15, 0.2) is 18.2 Å². The summed E-state index contributed by atoms with van der Waals surface area (Å²) >= 11 is 7.85. The van der Waals surface area contributed by atoms with Gasteiger partial charge in [0.2, 0.25) is 0 Å².